The van der Waals surface area contributed by atoms with Crippen LogP contribution < -0.4 is 14.9 Å². The monoisotopic (exact) mass is 425 g/mol. The van der Waals surface area contributed by atoms with E-state index in [1.165, 1.54) is 5.69 Å². The van der Waals surface area contributed by atoms with Gasteiger partial charge in [-0.05, 0) is 63.8 Å². The van der Waals surface area contributed by atoms with Crippen LogP contribution in [0, 0.1) is 5.92 Å². The van der Waals surface area contributed by atoms with E-state index >= 15 is 0 Å². The third-order valence-electron chi connectivity index (χ3n) is 5.35. The molecule has 1 aliphatic rings. The predicted molar refractivity (Wildman–Crippen MR) is 122 cm³/mol. The number of rotatable bonds is 10. The van der Waals surface area contributed by atoms with Gasteiger partial charge in [-0.1, -0.05) is 20.3 Å². The Labute approximate surface area is 177 Å². The average Bonchev–Trinajstić information content (AvgIpc) is 2.67. The molecule has 0 radical (unpaired) electrons. The Morgan fingerprint density at radius 2 is 1.76 bits per heavy atom. The molecular weight excluding hydrogens is 386 g/mol. The summed E-state index contributed by atoms with van der Waals surface area (Å²) < 4.78 is 31.8. The van der Waals surface area contributed by atoms with Crippen LogP contribution >= 0.6 is 0 Å². The highest BCUT2D eigenvalue weighted by molar-refractivity contribution is 7.90. The Morgan fingerprint density at radius 3 is 2.38 bits per heavy atom. The van der Waals surface area contributed by atoms with E-state index in [1.807, 2.05) is 0 Å². The zero-order valence-electron chi connectivity index (χ0n) is 18.7. The maximum absolute atomic E-state index is 12.0. The molecule has 29 heavy (non-hydrogen) atoms. The van der Waals surface area contributed by atoms with E-state index in [9.17, 15) is 8.42 Å². The fraction of sp³-hybridized carbons (Fsp3) is 0.727. The molecule has 0 aliphatic carbocycles. The van der Waals surface area contributed by atoms with Gasteiger partial charge in [0.15, 0.2) is 0 Å². The van der Waals surface area contributed by atoms with Gasteiger partial charge in [0.05, 0.1) is 17.5 Å². The maximum Gasteiger partial charge on any atom is 0.216 e. The standard InChI is InChI=1S/C22H39N3O3S/c1-18(2)21-17-25(15-16-28-21)20-11-9-19(10-12-20)23-13-7-6-8-14-24-29(26,27)22(3,4)5/h9-12,18,21,23-24H,6-8,13-17H2,1-5H3/t21-/m0/s1. The van der Waals surface area contributed by atoms with Crippen LogP contribution in [0.3, 0.4) is 0 Å². The van der Waals surface area contributed by atoms with Crippen molar-refractivity contribution in [2.75, 3.05) is 43.0 Å². The van der Waals surface area contributed by atoms with E-state index in [0.717, 1.165) is 51.2 Å². The highest BCUT2D eigenvalue weighted by Crippen LogP contribution is 2.22. The SMILES string of the molecule is CC(C)[C@@H]1CN(c2ccc(NCCCCCNS(=O)(=O)C(C)(C)C)cc2)CCO1. The number of hydrogen-bond donors (Lipinski definition) is 2. The van der Waals surface area contributed by atoms with Crippen LogP contribution in [-0.2, 0) is 14.8 Å². The van der Waals surface area contributed by atoms with Gasteiger partial charge >= 0.3 is 0 Å². The van der Waals surface area contributed by atoms with Crippen molar-refractivity contribution >= 4 is 21.4 Å². The first-order chi connectivity index (χ1) is 13.6. The van der Waals surface area contributed by atoms with Gasteiger partial charge in [-0.15, -0.1) is 0 Å². The number of hydrogen-bond acceptors (Lipinski definition) is 5. The van der Waals surface area contributed by atoms with Gasteiger partial charge in [-0.2, -0.15) is 0 Å². The first-order valence-corrected chi connectivity index (χ1v) is 12.3. The molecule has 1 atom stereocenters. The minimum absolute atomic E-state index is 0.300. The summed E-state index contributed by atoms with van der Waals surface area (Å²) >= 11 is 0. The van der Waals surface area contributed by atoms with Crippen molar-refractivity contribution in [1.29, 1.82) is 0 Å². The van der Waals surface area contributed by atoms with E-state index in [-0.39, 0.29) is 0 Å². The average molecular weight is 426 g/mol. The molecule has 1 aliphatic heterocycles. The van der Waals surface area contributed by atoms with Crippen LogP contribution in [0.15, 0.2) is 24.3 Å². The zero-order valence-corrected chi connectivity index (χ0v) is 19.5. The van der Waals surface area contributed by atoms with E-state index in [1.54, 1.807) is 20.8 Å². The first-order valence-electron chi connectivity index (χ1n) is 10.8. The topological polar surface area (TPSA) is 70.7 Å². The zero-order chi connectivity index (χ0) is 21.5. The molecule has 0 unspecified atom stereocenters. The number of ether oxygens (including phenoxy) is 1. The van der Waals surface area contributed by atoms with Gasteiger partial charge in [0.1, 0.15) is 0 Å². The van der Waals surface area contributed by atoms with Gasteiger partial charge in [0.2, 0.25) is 10.0 Å². The second kappa shape index (κ2) is 10.6. The molecule has 0 amide bonds. The molecular formula is C22H39N3O3S. The third-order valence-corrected chi connectivity index (χ3v) is 7.55. The largest absolute Gasteiger partial charge is 0.385 e. The van der Waals surface area contributed by atoms with E-state index < -0.39 is 14.8 Å². The highest BCUT2D eigenvalue weighted by atomic mass is 32.2. The van der Waals surface area contributed by atoms with Gasteiger partial charge in [0, 0.05) is 37.6 Å². The van der Waals surface area contributed by atoms with Crippen LogP contribution in [0.1, 0.15) is 53.9 Å². The van der Waals surface area contributed by atoms with Crippen LogP contribution in [0.2, 0.25) is 0 Å². The molecule has 0 aromatic heterocycles. The number of unbranched alkanes of at least 4 members (excludes halogenated alkanes) is 2. The summed E-state index contributed by atoms with van der Waals surface area (Å²) in [4.78, 5) is 2.40. The first kappa shape index (κ1) is 24.0. The fourth-order valence-electron chi connectivity index (χ4n) is 3.19. The van der Waals surface area contributed by atoms with Crippen LogP contribution in [-0.4, -0.2) is 52.1 Å². The normalized spacial score (nSPS) is 18.3. The van der Waals surface area contributed by atoms with E-state index in [0.29, 0.717) is 18.6 Å². The second-order valence-electron chi connectivity index (χ2n) is 9.14. The predicted octanol–water partition coefficient (Wildman–Crippen LogP) is 3.85. The van der Waals surface area contributed by atoms with Crippen molar-refractivity contribution in [2.24, 2.45) is 5.92 Å². The number of sulfonamides is 1. The number of anilines is 2. The Hall–Kier alpha value is -1.31. The van der Waals surface area contributed by atoms with Crippen LogP contribution in [0.25, 0.3) is 0 Å². The Balaban J connectivity index is 1.65. The number of benzene rings is 1. The summed E-state index contributed by atoms with van der Waals surface area (Å²) in [7, 11) is -3.23. The lowest BCUT2D eigenvalue weighted by molar-refractivity contribution is 0.0114. The Bertz CT molecular complexity index is 712. The molecule has 1 heterocycles. The highest BCUT2D eigenvalue weighted by Gasteiger charge is 2.28. The minimum Gasteiger partial charge on any atom is -0.385 e. The third kappa shape index (κ3) is 7.46. The Kier molecular flexibility index (Phi) is 8.79. The molecule has 1 aromatic rings. The molecule has 2 N–H and O–H groups in total. The lowest BCUT2D eigenvalue weighted by atomic mass is 10.1. The molecule has 0 spiro atoms. The molecule has 1 aromatic carbocycles. The van der Waals surface area contributed by atoms with Crippen molar-refractivity contribution < 1.29 is 13.2 Å². The lowest BCUT2D eigenvalue weighted by Gasteiger charge is -2.36. The maximum atomic E-state index is 12.0. The van der Waals surface area contributed by atoms with Crippen molar-refractivity contribution in [3.05, 3.63) is 24.3 Å². The smallest absolute Gasteiger partial charge is 0.216 e. The summed E-state index contributed by atoms with van der Waals surface area (Å²) in [5, 5.41) is 3.45. The molecule has 166 valence electrons. The number of nitrogens with one attached hydrogen (secondary N) is 2. The van der Waals surface area contributed by atoms with Gasteiger partial charge in [0.25, 0.3) is 0 Å². The molecule has 0 saturated carbocycles. The van der Waals surface area contributed by atoms with Crippen LogP contribution in [0.5, 0.6) is 0 Å². The summed E-state index contributed by atoms with van der Waals surface area (Å²) in [6, 6.07) is 8.61. The summed E-state index contributed by atoms with van der Waals surface area (Å²) in [5.41, 5.74) is 2.37. The van der Waals surface area contributed by atoms with Gasteiger partial charge in [-0.3, -0.25) is 0 Å². The van der Waals surface area contributed by atoms with E-state index in [2.05, 4.69) is 53.1 Å². The lowest BCUT2D eigenvalue weighted by Crippen LogP contribution is -2.44. The van der Waals surface area contributed by atoms with Crippen molar-refractivity contribution in [3.8, 4) is 0 Å². The van der Waals surface area contributed by atoms with Crippen molar-refractivity contribution in [1.82, 2.24) is 4.72 Å². The van der Waals surface area contributed by atoms with Gasteiger partial charge < -0.3 is 15.0 Å². The van der Waals surface area contributed by atoms with Crippen molar-refractivity contribution in [2.45, 2.75) is 64.7 Å². The van der Waals surface area contributed by atoms with Crippen molar-refractivity contribution in [3.63, 3.8) is 0 Å². The minimum atomic E-state index is -3.23. The number of morpholine rings is 1. The van der Waals surface area contributed by atoms with Gasteiger partial charge in [-0.25, -0.2) is 13.1 Å². The number of nitrogens with zero attached hydrogens (tertiary/aromatic N) is 1. The molecule has 2 rings (SSSR count). The Morgan fingerprint density at radius 1 is 1.10 bits per heavy atom. The summed E-state index contributed by atoms with van der Waals surface area (Å²) in [6.45, 7) is 13.6. The molecule has 6 nitrogen and oxygen atoms in total. The quantitative estimate of drug-likeness (QED) is 0.557. The molecule has 0 bridgehead atoms. The molecule has 1 fully saturated rings. The summed E-state index contributed by atoms with van der Waals surface area (Å²) in [5.74, 6) is 0.530. The second-order valence-corrected chi connectivity index (χ2v) is 11.7. The van der Waals surface area contributed by atoms with E-state index in [4.69, 9.17) is 4.74 Å². The molecule has 1 saturated heterocycles. The fourth-order valence-corrected chi connectivity index (χ4v) is 4.03. The molecule has 7 heteroatoms. The van der Waals surface area contributed by atoms with Crippen LogP contribution in [0.4, 0.5) is 11.4 Å². The summed E-state index contributed by atoms with van der Waals surface area (Å²) in [6.07, 6.45) is 3.15.